The highest BCUT2D eigenvalue weighted by atomic mass is 79.9. The second kappa shape index (κ2) is 7.96. The molecule has 0 aromatic heterocycles. The van der Waals surface area contributed by atoms with Crippen LogP contribution in [0.1, 0.15) is 18.0 Å². The lowest BCUT2D eigenvalue weighted by Crippen LogP contribution is -2.22. The van der Waals surface area contributed by atoms with Gasteiger partial charge in [-0.3, -0.25) is 5.32 Å². The van der Waals surface area contributed by atoms with Gasteiger partial charge in [-0.25, -0.2) is 0 Å². The first-order valence-corrected chi connectivity index (χ1v) is 6.45. The Morgan fingerprint density at radius 2 is 2.39 bits per heavy atom. The van der Waals surface area contributed by atoms with Crippen molar-refractivity contribution in [2.45, 2.75) is 12.5 Å². The van der Waals surface area contributed by atoms with Gasteiger partial charge in [-0.15, -0.1) is 0 Å². The van der Waals surface area contributed by atoms with E-state index < -0.39 is 6.04 Å². The summed E-state index contributed by atoms with van der Waals surface area (Å²) in [6, 6.07) is 7.07. The summed E-state index contributed by atoms with van der Waals surface area (Å²) in [5.74, 6) is 0. The average Bonchev–Trinajstić information content (AvgIpc) is 2.35. The van der Waals surface area contributed by atoms with Crippen LogP contribution < -0.4 is 5.32 Å². The minimum atomic E-state index is -0.414. The molecule has 0 amide bonds. The smallest absolute Gasteiger partial charge is 0.122 e. The fourth-order valence-electron chi connectivity index (χ4n) is 1.40. The largest absolute Gasteiger partial charge is 0.298 e. The van der Waals surface area contributed by atoms with Crippen LogP contribution >= 0.6 is 27.5 Å². The van der Waals surface area contributed by atoms with Gasteiger partial charge in [-0.05, 0) is 36.2 Å². The molecule has 5 nitrogen and oxygen atoms in total. The van der Waals surface area contributed by atoms with E-state index in [0.29, 0.717) is 24.5 Å². The Morgan fingerprint density at radius 3 is 3.00 bits per heavy atom. The molecule has 18 heavy (non-hydrogen) atoms. The monoisotopic (exact) mass is 327 g/mol. The number of hydrogen-bond donors (Lipinski definition) is 1. The van der Waals surface area contributed by atoms with Crippen molar-refractivity contribution in [3.63, 3.8) is 0 Å². The molecule has 0 aliphatic carbocycles. The second-order valence-electron chi connectivity index (χ2n) is 3.49. The number of azide groups is 1. The van der Waals surface area contributed by atoms with Crippen LogP contribution in [-0.2, 0) is 0 Å². The molecule has 1 rings (SSSR count). The summed E-state index contributed by atoms with van der Waals surface area (Å²) in [5, 5.41) is 16.3. The van der Waals surface area contributed by atoms with Crippen molar-refractivity contribution in [3.05, 3.63) is 43.7 Å². The summed E-state index contributed by atoms with van der Waals surface area (Å²) in [6.45, 7) is 1.02. The highest BCUT2D eigenvalue weighted by Gasteiger charge is 2.12. The number of benzene rings is 1. The second-order valence-corrected chi connectivity index (χ2v) is 4.78. The third kappa shape index (κ3) is 4.55. The van der Waals surface area contributed by atoms with Crippen LogP contribution in [0.3, 0.4) is 0 Å². The third-order valence-electron chi connectivity index (χ3n) is 2.25. The lowest BCUT2D eigenvalue weighted by atomic mass is 10.1. The molecule has 1 N–H and O–H groups in total. The zero-order valence-corrected chi connectivity index (χ0v) is 11.8. The fourth-order valence-corrected chi connectivity index (χ4v) is 2.31. The van der Waals surface area contributed by atoms with Gasteiger partial charge in [-0.1, -0.05) is 38.7 Å². The predicted octanol–water partition coefficient (Wildman–Crippen LogP) is 3.96. The highest BCUT2D eigenvalue weighted by Crippen LogP contribution is 2.26. The maximum atomic E-state index is 9.13. The number of nitrogens with zero attached hydrogens (tertiary/aromatic N) is 4. The van der Waals surface area contributed by atoms with Crippen LogP contribution in [-0.4, -0.2) is 13.1 Å². The molecule has 0 aliphatic rings. The number of rotatable bonds is 6. The van der Waals surface area contributed by atoms with Gasteiger partial charge in [0.1, 0.15) is 6.04 Å². The lowest BCUT2D eigenvalue weighted by molar-refractivity contribution is 0.606. The van der Waals surface area contributed by atoms with Crippen molar-refractivity contribution in [1.82, 2.24) is 5.32 Å². The molecule has 0 saturated heterocycles. The van der Waals surface area contributed by atoms with Crippen molar-refractivity contribution in [1.29, 1.82) is 5.26 Å². The van der Waals surface area contributed by atoms with E-state index in [9.17, 15) is 0 Å². The molecule has 0 bridgehead atoms. The first kappa shape index (κ1) is 14.8. The Balaban J connectivity index is 2.61. The van der Waals surface area contributed by atoms with Gasteiger partial charge in [0, 0.05) is 21.0 Å². The molecular weight excluding hydrogens is 318 g/mol. The summed E-state index contributed by atoms with van der Waals surface area (Å²) in [6.07, 6.45) is 0.688. The standard InChI is InChI=1S/C11H11BrClN5/c12-10-6-8(13)2-3-9(10)11(7-14)16-4-1-5-17-18-15/h2-3,6,11,16H,1,4-5H2. The van der Waals surface area contributed by atoms with E-state index >= 15 is 0 Å². The molecule has 7 heteroatoms. The van der Waals surface area contributed by atoms with Crippen LogP contribution in [0.2, 0.25) is 5.02 Å². The molecule has 0 radical (unpaired) electrons. The topological polar surface area (TPSA) is 84.6 Å². The number of halogens is 2. The molecule has 1 atom stereocenters. The zero-order chi connectivity index (χ0) is 13.4. The quantitative estimate of drug-likeness (QED) is 0.371. The molecule has 0 aliphatic heterocycles. The highest BCUT2D eigenvalue weighted by molar-refractivity contribution is 9.10. The average molecular weight is 329 g/mol. The maximum absolute atomic E-state index is 9.13. The van der Waals surface area contributed by atoms with Gasteiger partial charge in [0.2, 0.25) is 0 Å². The molecule has 1 unspecified atom stereocenters. The van der Waals surface area contributed by atoms with Crippen LogP contribution in [0, 0.1) is 11.3 Å². The summed E-state index contributed by atoms with van der Waals surface area (Å²) in [7, 11) is 0. The summed E-state index contributed by atoms with van der Waals surface area (Å²) in [4.78, 5) is 2.66. The van der Waals surface area contributed by atoms with Gasteiger partial charge in [0.05, 0.1) is 6.07 Å². The number of nitriles is 1. The lowest BCUT2D eigenvalue weighted by Gasteiger charge is -2.13. The zero-order valence-electron chi connectivity index (χ0n) is 9.48. The van der Waals surface area contributed by atoms with Gasteiger partial charge >= 0.3 is 0 Å². The first-order chi connectivity index (χ1) is 8.69. The Morgan fingerprint density at radius 1 is 1.61 bits per heavy atom. The Kier molecular flexibility index (Phi) is 6.55. The predicted molar refractivity (Wildman–Crippen MR) is 74.1 cm³/mol. The van der Waals surface area contributed by atoms with Crippen molar-refractivity contribution in [2.75, 3.05) is 13.1 Å². The van der Waals surface area contributed by atoms with Crippen molar-refractivity contribution >= 4 is 27.5 Å². The molecule has 1 aromatic carbocycles. The van der Waals surface area contributed by atoms with Crippen LogP contribution in [0.4, 0.5) is 0 Å². The summed E-state index contributed by atoms with van der Waals surface area (Å²) in [5.41, 5.74) is 8.97. The van der Waals surface area contributed by atoms with E-state index in [-0.39, 0.29) is 0 Å². The first-order valence-electron chi connectivity index (χ1n) is 5.28. The van der Waals surface area contributed by atoms with Crippen LogP contribution in [0.25, 0.3) is 10.4 Å². The SMILES string of the molecule is N#CC(NCCCN=[N+]=[N-])c1ccc(Cl)cc1Br. The van der Waals surface area contributed by atoms with E-state index in [1.54, 1.807) is 18.2 Å². The van der Waals surface area contributed by atoms with E-state index in [2.05, 4.69) is 37.3 Å². The van der Waals surface area contributed by atoms with E-state index in [4.69, 9.17) is 22.4 Å². The van der Waals surface area contributed by atoms with E-state index in [1.807, 2.05) is 0 Å². The Hall–Kier alpha value is -1.25. The Bertz CT molecular complexity index is 493. The van der Waals surface area contributed by atoms with Crippen LogP contribution in [0.15, 0.2) is 27.8 Å². The van der Waals surface area contributed by atoms with Gasteiger partial charge in [0.25, 0.3) is 0 Å². The number of hydrogen-bond acceptors (Lipinski definition) is 3. The van der Waals surface area contributed by atoms with Gasteiger partial charge in [-0.2, -0.15) is 5.26 Å². The minimum Gasteiger partial charge on any atom is -0.298 e. The van der Waals surface area contributed by atoms with E-state index in [0.717, 1.165) is 10.0 Å². The van der Waals surface area contributed by atoms with Crippen molar-refractivity contribution < 1.29 is 0 Å². The molecule has 0 heterocycles. The molecule has 0 fully saturated rings. The molecular formula is C11H11BrClN5. The molecule has 94 valence electrons. The normalized spacial score (nSPS) is 11.4. The minimum absolute atomic E-state index is 0.414. The van der Waals surface area contributed by atoms with E-state index in [1.165, 1.54) is 0 Å². The van der Waals surface area contributed by atoms with Crippen molar-refractivity contribution in [3.8, 4) is 6.07 Å². The fraction of sp³-hybridized carbons (Fsp3) is 0.364. The van der Waals surface area contributed by atoms with Gasteiger partial charge < -0.3 is 0 Å². The third-order valence-corrected chi connectivity index (χ3v) is 3.17. The maximum Gasteiger partial charge on any atom is 0.122 e. The molecule has 0 saturated carbocycles. The molecule has 1 aromatic rings. The molecule has 0 spiro atoms. The summed E-state index contributed by atoms with van der Waals surface area (Å²) < 4.78 is 0.795. The number of nitrogens with one attached hydrogen (secondary N) is 1. The van der Waals surface area contributed by atoms with Crippen molar-refractivity contribution in [2.24, 2.45) is 5.11 Å². The summed E-state index contributed by atoms with van der Waals surface area (Å²) >= 11 is 9.23. The van der Waals surface area contributed by atoms with Crippen LogP contribution in [0.5, 0.6) is 0 Å². The Labute approximate surface area is 119 Å². The van der Waals surface area contributed by atoms with Gasteiger partial charge in [0.15, 0.2) is 0 Å².